The summed E-state index contributed by atoms with van der Waals surface area (Å²) in [5.41, 5.74) is 0. The second kappa shape index (κ2) is 7.31. The van der Waals surface area contributed by atoms with Gasteiger partial charge in [-0.3, -0.25) is 0 Å². The first-order valence-electron chi connectivity index (χ1n) is 3.20. The van der Waals surface area contributed by atoms with Crippen LogP contribution in [0, 0.1) is 0 Å². The van der Waals surface area contributed by atoms with E-state index < -0.39 is 0 Å². The molecule has 0 saturated carbocycles. The molecule has 0 unspecified atom stereocenters. The maximum Gasteiger partial charge on any atom is 0.216 e. The van der Waals surface area contributed by atoms with Gasteiger partial charge in [0.1, 0.15) is 6.61 Å². The molecular weight excluding hydrogens is 168 g/mol. The predicted octanol–water partition coefficient (Wildman–Crippen LogP) is 1.64. The molecule has 0 aliphatic rings. The molecule has 0 bridgehead atoms. The van der Waals surface area contributed by atoms with Crippen LogP contribution in [0.25, 0.3) is 0 Å². The molecule has 60 valence electrons. The van der Waals surface area contributed by atoms with E-state index in [4.69, 9.17) is 9.47 Å². The van der Waals surface area contributed by atoms with Crippen LogP contribution in [0.5, 0.6) is 0 Å². The van der Waals surface area contributed by atoms with Gasteiger partial charge in [-0.1, -0.05) is 19.6 Å². The lowest BCUT2D eigenvalue weighted by atomic mass is 10.5. The van der Waals surface area contributed by atoms with Crippen LogP contribution < -0.4 is 0 Å². The van der Waals surface area contributed by atoms with Crippen LogP contribution in [-0.2, 0) is 9.47 Å². The van der Waals surface area contributed by atoms with Crippen molar-refractivity contribution < 1.29 is 9.47 Å². The van der Waals surface area contributed by atoms with Gasteiger partial charge in [-0.05, 0) is 18.6 Å². The first-order chi connectivity index (χ1) is 4.77. The average molecular weight is 180 g/mol. The normalized spacial score (nSPS) is 9.40. The van der Waals surface area contributed by atoms with Gasteiger partial charge < -0.3 is 9.47 Å². The van der Waals surface area contributed by atoms with Gasteiger partial charge >= 0.3 is 0 Å². The molecule has 0 radical (unpaired) electrons. The number of hydrogen-bond acceptors (Lipinski definition) is 3. The molecule has 10 heavy (non-hydrogen) atoms. The van der Waals surface area contributed by atoms with E-state index in [0.717, 1.165) is 13.0 Å². The molecule has 0 N–H and O–H groups in total. The second-order valence-corrected chi connectivity index (χ2v) is 2.81. The Kier molecular flexibility index (Phi) is 7.45. The fourth-order valence-electron chi connectivity index (χ4n) is 0.434. The topological polar surface area (TPSA) is 18.5 Å². The van der Waals surface area contributed by atoms with Crippen LogP contribution in [0.15, 0.2) is 0 Å². The third kappa shape index (κ3) is 8.20. The summed E-state index contributed by atoms with van der Waals surface area (Å²) >= 11 is 8.34. The predicted molar refractivity (Wildman–Crippen MR) is 48.6 cm³/mol. The maximum atomic E-state index is 5.11. The lowest BCUT2D eigenvalue weighted by Gasteiger charge is -2.02. The van der Waals surface area contributed by atoms with E-state index in [1.54, 1.807) is 0 Å². The molecule has 0 heterocycles. The van der Waals surface area contributed by atoms with E-state index in [9.17, 15) is 0 Å². The Morgan fingerprint density at radius 1 is 1.40 bits per heavy atom. The first-order valence-corrected chi connectivity index (χ1v) is 4.06. The van der Waals surface area contributed by atoms with Crippen molar-refractivity contribution in [3.05, 3.63) is 0 Å². The highest BCUT2D eigenvalue weighted by molar-refractivity contribution is 8.10. The summed E-state index contributed by atoms with van der Waals surface area (Å²) in [7, 11) is 0. The van der Waals surface area contributed by atoms with E-state index >= 15 is 0 Å². The maximum absolute atomic E-state index is 5.11. The third-order valence-corrected chi connectivity index (χ3v) is 1.05. The minimum absolute atomic E-state index is 0.278. The summed E-state index contributed by atoms with van der Waals surface area (Å²) in [6, 6.07) is 0. The van der Waals surface area contributed by atoms with E-state index in [2.05, 4.69) is 31.8 Å². The number of rotatable bonds is 5. The van der Waals surface area contributed by atoms with Crippen molar-refractivity contribution in [1.29, 1.82) is 0 Å². The lowest BCUT2D eigenvalue weighted by molar-refractivity contribution is 0.0997. The lowest BCUT2D eigenvalue weighted by Crippen LogP contribution is -2.05. The molecule has 0 spiro atoms. The molecule has 0 atom stereocenters. The Hall–Kier alpha value is 0.200. The van der Waals surface area contributed by atoms with Crippen molar-refractivity contribution >= 4 is 29.2 Å². The highest BCUT2D eigenvalue weighted by Gasteiger charge is 1.88. The average Bonchev–Trinajstić information content (AvgIpc) is 1.87. The van der Waals surface area contributed by atoms with Crippen molar-refractivity contribution in [3.63, 3.8) is 0 Å². The highest BCUT2D eigenvalue weighted by Crippen LogP contribution is 1.87. The molecule has 0 aromatic carbocycles. The zero-order chi connectivity index (χ0) is 7.82. The van der Waals surface area contributed by atoms with Gasteiger partial charge in [-0.15, -0.1) is 0 Å². The van der Waals surface area contributed by atoms with Gasteiger partial charge in [-0.2, -0.15) is 0 Å². The SMILES string of the molecule is CCCOCCOC(=S)S. The zero-order valence-electron chi connectivity index (χ0n) is 6.00. The minimum atomic E-state index is 0.278. The molecule has 0 fully saturated rings. The van der Waals surface area contributed by atoms with Crippen LogP contribution in [0.2, 0.25) is 0 Å². The van der Waals surface area contributed by atoms with Crippen molar-refractivity contribution in [3.8, 4) is 0 Å². The van der Waals surface area contributed by atoms with Gasteiger partial charge in [-0.25, -0.2) is 0 Å². The fraction of sp³-hybridized carbons (Fsp3) is 0.833. The van der Waals surface area contributed by atoms with Gasteiger partial charge in [0.05, 0.1) is 6.61 Å². The van der Waals surface area contributed by atoms with Crippen molar-refractivity contribution in [2.75, 3.05) is 19.8 Å². The van der Waals surface area contributed by atoms with Crippen LogP contribution in [0.3, 0.4) is 0 Å². The summed E-state index contributed by atoms with van der Waals surface area (Å²) in [5.74, 6) is 0. The Bertz CT molecular complexity index is 95.7. The van der Waals surface area contributed by atoms with E-state index in [1.165, 1.54) is 0 Å². The van der Waals surface area contributed by atoms with Crippen LogP contribution in [0.4, 0.5) is 0 Å². The zero-order valence-corrected chi connectivity index (χ0v) is 7.71. The third-order valence-electron chi connectivity index (χ3n) is 0.802. The fourth-order valence-corrected chi connectivity index (χ4v) is 0.609. The summed E-state index contributed by atoms with van der Waals surface area (Å²) in [4.78, 5) is 0. The summed E-state index contributed by atoms with van der Waals surface area (Å²) in [5, 5.41) is 0. The first kappa shape index (κ1) is 10.2. The van der Waals surface area contributed by atoms with Crippen LogP contribution in [0.1, 0.15) is 13.3 Å². The van der Waals surface area contributed by atoms with Crippen LogP contribution in [-0.4, -0.2) is 24.2 Å². The van der Waals surface area contributed by atoms with E-state index in [-0.39, 0.29) is 4.38 Å². The summed E-state index contributed by atoms with van der Waals surface area (Å²) in [6.07, 6.45) is 1.03. The van der Waals surface area contributed by atoms with E-state index in [0.29, 0.717) is 13.2 Å². The number of hydrogen-bond donors (Lipinski definition) is 1. The number of ether oxygens (including phenoxy) is 2. The van der Waals surface area contributed by atoms with Crippen LogP contribution >= 0.6 is 24.8 Å². The Morgan fingerprint density at radius 2 is 2.10 bits per heavy atom. The number of thiocarbonyl (C=S) groups is 1. The molecule has 0 saturated heterocycles. The van der Waals surface area contributed by atoms with Gasteiger partial charge in [0.15, 0.2) is 0 Å². The largest absolute Gasteiger partial charge is 0.476 e. The number of thiol groups is 1. The summed E-state index contributed by atoms with van der Waals surface area (Å²) in [6.45, 7) is 3.93. The Morgan fingerprint density at radius 3 is 2.60 bits per heavy atom. The molecule has 0 aliphatic carbocycles. The molecule has 0 aliphatic heterocycles. The molecule has 0 aromatic rings. The summed E-state index contributed by atoms with van der Waals surface area (Å²) < 4.78 is 10.3. The van der Waals surface area contributed by atoms with E-state index in [1.807, 2.05) is 0 Å². The Labute approximate surface area is 72.3 Å². The molecular formula is C6H12O2S2. The molecule has 2 nitrogen and oxygen atoms in total. The monoisotopic (exact) mass is 180 g/mol. The van der Waals surface area contributed by atoms with Crippen molar-refractivity contribution in [1.82, 2.24) is 0 Å². The smallest absolute Gasteiger partial charge is 0.216 e. The highest BCUT2D eigenvalue weighted by atomic mass is 32.1. The van der Waals surface area contributed by atoms with Gasteiger partial charge in [0, 0.05) is 6.61 Å². The van der Waals surface area contributed by atoms with Crippen molar-refractivity contribution in [2.24, 2.45) is 0 Å². The molecule has 0 amide bonds. The molecule has 0 aromatic heterocycles. The Balaban J connectivity index is 2.84. The van der Waals surface area contributed by atoms with Gasteiger partial charge in [0.25, 0.3) is 0 Å². The second-order valence-electron chi connectivity index (χ2n) is 1.73. The minimum Gasteiger partial charge on any atom is -0.476 e. The molecule has 4 heteroatoms. The van der Waals surface area contributed by atoms with Crippen molar-refractivity contribution in [2.45, 2.75) is 13.3 Å². The molecule has 0 rings (SSSR count). The standard InChI is InChI=1S/C6H12O2S2/c1-2-3-7-4-5-8-6(9)10/h2-5H2,1H3,(H,9,10). The quantitative estimate of drug-likeness (QED) is 0.394. The van der Waals surface area contributed by atoms with Gasteiger partial charge in [0.2, 0.25) is 4.38 Å².